The number of halogens is 4. The summed E-state index contributed by atoms with van der Waals surface area (Å²) >= 11 is 14.6. The molecule has 23 heavy (non-hydrogen) atoms. The molecule has 0 fully saturated rings. The molecule has 1 aliphatic carbocycles. The Labute approximate surface area is 171 Å². The SMILES string of the molecule is O=C(c1ccc2c(c1)CCc1cc(C(=O)C(Br)Br)sc1-2)C(Br)Br. The monoisotopic (exact) mass is 582 g/mol. The zero-order valence-corrected chi connectivity index (χ0v) is 18.8. The van der Waals surface area contributed by atoms with Gasteiger partial charge < -0.3 is 0 Å². The standard InChI is InChI=1S/C16H10Br4O2S/c17-15(18)12(21)8-3-4-10-7(5-8)1-2-9-6-11(23-14(9)10)13(22)16(19)20/h3-6,15-16H,1-2H2. The van der Waals surface area contributed by atoms with E-state index < -0.39 is 0 Å². The number of carbonyl (C=O) groups is 2. The van der Waals surface area contributed by atoms with Crippen LogP contribution in [0.25, 0.3) is 10.4 Å². The second kappa shape index (κ2) is 7.20. The van der Waals surface area contributed by atoms with Crippen LogP contribution in [-0.2, 0) is 12.8 Å². The lowest BCUT2D eigenvalue weighted by atomic mass is 9.89. The second-order valence-corrected chi connectivity index (χ2v) is 12.3. The molecule has 0 saturated heterocycles. The van der Waals surface area contributed by atoms with Crippen LogP contribution in [0.3, 0.4) is 0 Å². The zero-order valence-electron chi connectivity index (χ0n) is 11.6. The van der Waals surface area contributed by atoms with Gasteiger partial charge in [0.2, 0.25) is 0 Å². The van der Waals surface area contributed by atoms with Gasteiger partial charge in [-0.2, -0.15) is 0 Å². The van der Waals surface area contributed by atoms with E-state index in [1.165, 1.54) is 22.5 Å². The first-order chi connectivity index (χ1) is 10.9. The molecule has 3 rings (SSSR count). The number of Topliss-reactive ketones (excluding diaryl/α,β-unsaturated/α-hetero) is 2. The summed E-state index contributed by atoms with van der Waals surface area (Å²) in [6.07, 6.45) is 1.78. The van der Waals surface area contributed by atoms with Crippen molar-refractivity contribution in [2.45, 2.75) is 20.3 Å². The first-order valence-corrected chi connectivity index (χ1v) is 11.3. The fourth-order valence-electron chi connectivity index (χ4n) is 2.64. The highest BCUT2D eigenvalue weighted by molar-refractivity contribution is 9.25. The Kier molecular flexibility index (Phi) is 5.63. The Bertz CT molecular complexity index is 795. The van der Waals surface area contributed by atoms with E-state index in [-0.39, 0.29) is 19.0 Å². The van der Waals surface area contributed by atoms with Gasteiger partial charge in [-0.25, -0.2) is 0 Å². The minimum atomic E-state index is -0.368. The van der Waals surface area contributed by atoms with Gasteiger partial charge in [-0.15, -0.1) is 11.3 Å². The molecule has 0 aliphatic heterocycles. The summed E-state index contributed by atoms with van der Waals surface area (Å²) < 4.78 is -0.725. The van der Waals surface area contributed by atoms with Crippen LogP contribution in [-0.4, -0.2) is 19.0 Å². The van der Waals surface area contributed by atoms with Crippen LogP contribution >= 0.6 is 75.1 Å². The van der Waals surface area contributed by atoms with Crippen molar-refractivity contribution in [2.75, 3.05) is 0 Å². The molecule has 0 N–H and O–H groups in total. The minimum Gasteiger partial charge on any atom is -0.292 e. The first-order valence-electron chi connectivity index (χ1n) is 6.79. The third-order valence-corrected chi connectivity index (χ3v) is 6.63. The maximum absolute atomic E-state index is 12.2. The first kappa shape index (κ1) is 18.0. The third kappa shape index (κ3) is 3.59. The number of hydrogen-bond acceptors (Lipinski definition) is 3. The fourth-order valence-corrected chi connectivity index (χ4v) is 5.21. The molecule has 2 aromatic rings. The molecule has 1 aromatic carbocycles. The topological polar surface area (TPSA) is 34.1 Å². The van der Waals surface area contributed by atoms with Crippen LogP contribution in [0.15, 0.2) is 24.3 Å². The van der Waals surface area contributed by atoms with E-state index in [9.17, 15) is 9.59 Å². The van der Waals surface area contributed by atoms with Gasteiger partial charge in [0.05, 0.1) is 4.88 Å². The van der Waals surface area contributed by atoms with Crippen LogP contribution < -0.4 is 0 Å². The second-order valence-electron chi connectivity index (χ2n) is 5.17. The summed E-state index contributed by atoms with van der Waals surface area (Å²) in [7, 11) is 0. The van der Waals surface area contributed by atoms with Gasteiger partial charge in [0.25, 0.3) is 0 Å². The molecule has 0 atom stereocenters. The number of carbonyl (C=O) groups excluding carboxylic acids is 2. The fraction of sp³-hybridized carbons (Fsp3) is 0.250. The normalized spacial score (nSPS) is 13.1. The third-order valence-electron chi connectivity index (χ3n) is 3.75. The van der Waals surface area contributed by atoms with Crippen molar-refractivity contribution in [2.24, 2.45) is 0 Å². The lowest BCUT2D eigenvalue weighted by molar-refractivity contribution is 0.101. The molecule has 1 heterocycles. The number of fused-ring (bicyclic) bond motifs is 3. The molecule has 0 saturated carbocycles. The zero-order chi connectivity index (χ0) is 16.7. The Hall–Kier alpha value is 0.180. The predicted octanol–water partition coefficient (Wildman–Crippen LogP) is 6.11. The molecule has 120 valence electrons. The van der Waals surface area contributed by atoms with E-state index in [4.69, 9.17) is 0 Å². The number of aryl methyl sites for hydroxylation is 2. The van der Waals surface area contributed by atoms with Crippen molar-refractivity contribution in [3.8, 4) is 10.4 Å². The molecular weight excluding hydrogens is 576 g/mol. The Balaban J connectivity index is 2.01. The number of thiophene rings is 1. The van der Waals surface area contributed by atoms with Gasteiger partial charge in [-0.3, -0.25) is 9.59 Å². The summed E-state index contributed by atoms with van der Waals surface area (Å²) in [5.41, 5.74) is 4.21. The van der Waals surface area contributed by atoms with Crippen LogP contribution in [0.4, 0.5) is 0 Å². The largest absolute Gasteiger partial charge is 0.292 e. The van der Waals surface area contributed by atoms with Crippen LogP contribution in [0.1, 0.15) is 31.2 Å². The molecule has 0 spiro atoms. The van der Waals surface area contributed by atoms with Crippen molar-refractivity contribution in [1.29, 1.82) is 0 Å². The van der Waals surface area contributed by atoms with Crippen molar-refractivity contribution in [3.63, 3.8) is 0 Å². The molecular formula is C16H10Br4O2S. The van der Waals surface area contributed by atoms with Crippen molar-refractivity contribution in [3.05, 3.63) is 45.8 Å². The Morgan fingerprint density at radius 3 is 2.22 bits per heavy atom. The maximum Gasteiger partial charge on any atom is 0.197 e. The lowest BCUT2D eigenvalue weighted by Gasteiger charge is -2.17. The summed E-state index contributed by atoms with van der Waals surface area (Å²) in [4.78, 5) is 26.1. The van der Waals surface area contributed by atoms with Crippen LogP contribution in [0.5, 0.6) is 0 Å². The smallest absolute Gasteiger partial charge is 0.197 e. The average molecular weight is 586 g/mol. The minimum absolute atomic E-state index is 0.0158. The van der Waals surface area contributed by atoms with Crippen LogP contribution in [0, 0.1) is 0 Å². The Morgan fingerprint density at radius 2 is 1.57 bits per heavy atom. The molecule has 0 radical (unpaired) electrons. The average Bonchev–Trinajstić information content (AvgIpc) is 2.96. The highest BCUT2D eigenvalue weighted by atomic mass is 79.9. The number of hydrogen-bond donors (Lipinski definition) is 0. The summed E-state index contributed by atoms with van der Waals surface area (Å²) in [5, 5.41) is 0. The van der Waals surface area contributed by atoms with Gasteiger partial charge in [0, 0.05) is 10.4 Å². The van der Waals surface area contributed by atoms with Crippen molar-refractivity contribution < 1.29 is 9.59 Å². The van der Waals surface area contributed by atoms with Crippen molar-refractivity contribution >= 4 is 86.6 Å². The molecule has 0 amide bonds. The molecule has 1 aromatic heterocycles. The molecule has 1 aliphatic rings. The van der Waals surface area contributed by atoms with E-state index in [1.807, 2.05) is 24.3 Å². The molecule has 0 bridgehead atoms. The van der Waals surface area contributed by atoms with E-state index >= 15 is 0 Å². The van der Waals surface area contributed by atoms with E-state index in [0.29, 0.717) is 5.56 Å². The Morgan fingerprint density at radius 1 is 0.913 bits per heavy atom. The van der Waals surface area contributed by atoms with Gasteiger partial charge in [0.15, 0.2) is 11.6 Å². The highest BCUT2D eigenvalue weighted by Gasteiger charge is 2.24. The van der Waals surface area contributed by atoms with Gasteiger partial charge in [0.1, 0.15) is 7.47 Å². The van der Waals surface area contributed by atoms with Crippen LogP contribution in [0.2, 0.25) is 0 Å². The number of ketones is 2. The van der Waals surface area contributed by atoms with E-state index in [1.54, 1.807) is 0 Å². The number of alkyl halides is 4. The number of benzene rings is 1. The van der Waals surface area contributed by atoms with E-state index in [0.717, 1.165) is 28.2 Å². The van der Waals surface area contributed by atoms with Gasteiger partial charge >= 0.3 is 0 Å². The van der Waals surface area contributed by atoms with Gasteiger partial charge in [-0.1, -0.05) is 75.9 Å². The summed E-state index contributed by atoms with van der Waals surface area (Å²) in [6.45, 7) is 0. The number of rotatable bonds is 4. The molecule has 2 nitrogen and oxygen atoms in total. The summed E-state index contributed by atoms with van der Waals surface area (Å²) in [6, 6.07) is 7.81. The predicted molar refractivity (Wildman–Crippen MR) is 109 cm³/mol. The summed E-state index contributed by atoms with van der Waals surface area (Å²) in [5.74, 6) is 0.0567. The quantitative estimate of drug-likeness (QED) is 0.321. The lowest BCUT2D eigenvalue weighted by Crippen LogP contribution is -2.09. The molecule has 0 unspecified atom stereocenters. The maximum atomic E-state index is 12.2. The van der Waals surface area contributed by atoms with Crippen molar-refractivity contribution in [1.82, 2.24) is 0 Å². The van der Waals surface area contributed by atoms with E-state index in [2.05, 4.69) is 63.7 Å². The van der Waals surface area contributed by atoms with Gasteiger partial charge in [-0.05, 0) is 41.7 Å². The highest BCUT2D eigenvalue weighted by Crippen LogP contribution is 2.41. The molecule has 7 heteroatoms.